The summed E-state index contributed by atoms with van der Waals surface area (Å²) in [6, 6.07) is 3.78. The van der Waals surface area contributed by atoms with Crippen molar-refractivity contribution in [2.24, 2.45) is 0 Å². The molecule has 0 aliphatic carbocycles. The Morgan fingerprint density at radius 1 is 1.58 bits per heavy atom. The molecule has 0 unspecified atom stereocenters. The van der Waals surface area contributed by atoms with Crippen molar-refractivity contribution < 1.29 is 0 Å². The van der Waals surface area contributed by atoms with Crippen molar-refractivity contribution in [2.45, 2.75) is 13.3 Å². The molecule has 2 aromatic rings. The molecule has 0 aromatic carbocycles. The lowest BCUT2D eigenvalue weighted by atomic mass is 10.4. The molecule has 2 nitrogen and oxygen atoms in total. The molecule has 0 radical (unpaired) electrons. The highest BCUT2D eigenvalue weighted by molar-refractivity contribution is 6.30. The number of rotatable bonds is 1. The molecule has 0 spiro atoms. The lowest BCUT2D eigenvalue weighted by Gasteiger charge is -1.97. The van der Waals surface area contributed by atoms with Crippen LogP contribution >= 0.6 is 11.6 Å². The summed E-state index contributed by atoms with van der Waals surface area (Å²) in [6.45, 7) is 2.09. The molecular formula is C9H9ClN2. The second-order valence-electron chi connectivity index (χ2n) is 2.67. The zero-order valence-corrected chi connectivity index (χ0v) is 7.54. The molecule has 0 saturated heterocycles. The molecule has 0 atom stereocenters. The van der Waals surface area contributed by atoms with E-state index in [0.29, 0.717) is 0 Å². The van der Waals surface area contributed by atoms with Crippen LogP contribution in [0.4, 0.5) is 0 Å². The van der Waals surface area contributed by atoms with E-state index >= 15 is 0 Å². The zero-order chi connectivity index (χ0) is 8.55. The van der Waals surface area contributed by atoms with Gasteiger partial charge in [-0.15, -0.1) is 0 Å². The number of hydrogen-bond donors (Lipinski definition) is 0. The Morgan fingerprint density at radius 3 is 3.17 bits per heavy atom. The molecule has 62 valence electrons. The Labute approximate surface area is 75.8 Å². The van der Waals surface area contributed by atoms with Crippen molar-refractivity contribution in [3.63, 3.8) is 0 Å². The Kier molecular flexibility index (Phi) is 1.77. The molecule has 2 rings (SSSR count). The van der Waals surface area contributed by atoms with E-state index in [0.717, 1.165) is 22.8 Å². The van der Waals surface area contributed by atoms with E-state index in [-0.39, 0.29) is 0 Å². The van der Waals surface area contributed by atoms with E-state index in [4.69, 9.17) is 11.6 Å². The zero-order valence-electron chi connectivity index (χ0n) is 6.79. The topological polar surface area (TPSA) is 17.3 Å². The van der Waals surface area contributed by atoms with Crippen LogP contribution in [0.5, 0.6) is 0 Å². The number of aromatic nitrogens is 2. The molecule has 2 heterocycles. The van der Waals surface area contributed by atoms with E-state index in [1.54, 1.807) is 0 Å². The second-order valence-corrected chi connectivity index (χ2v) is 3.10. The maximum absolute atomic E-state index is 5.83. The van der Waals surface area contributed by atoms with Gasteiger partial charge in [0.1, 0.15) is 5.82 Å². The number of nitrogens with zero attached hydrogens (tertiary/aromatic N) is 2. The fourth-order valence-corrected chi connectivity index (χ4v) is 1.46. The highest BCUT2D eigenvalue weighted by Crippen LogP contribution is 2.13. The summed E-state index contributed by atoms with van der Waals surface area (Å²) in [7, 11) is 0. The van der Waals surface area contributed by atoms with Crippen LogP contribution in [0.25, 0.3) is 5.52 Å². The van der Waals surface area contributed by atoms with Gasteiger partial charge in [-0.05, 0) is 12.1 Å². The SMILES string of the molecule is CCc1ncc2cc(Cl)ccn12. The van der Waals surface area contributed by atoms with Crippen LogP contribution in [0.1, 0.15) is 12.7 Å². The normalized spacial score (nSPS) is 10.8. The Bertz CT molecular complexity index is 406. The lowest BCUT2D eigenvalue weighted by molar-refractivity contribution is 0.933. The second kappa shape index (κ2) is 2.79. The smallest absolute Gasteiger partial charge is 0.112 e. The van der Waals surface area contributed by atoms with Crippen molar-refractivity contribution >= 4 is 17.1 Å². The van der Waals surface area contributed by atoms with Crippen molar-refractivity contribution in [3.05, 3.63) is 35.4 Å². The highest BCUT2D eigenvalue weighted by atomic mass is 35.5. The number of halogens is 1. The van der Waals surface area contributed by atoms with E-state index in [2.05, 4.69) is 11.9 Å². The fourth-order valence-electron chi connectivity index (χ4n) is 1.29. The quantitative estimate of drug-likeness (QED) is 0.660. The first-order chi connectivity index (χ1) is 5.81. The predicted octanol–water partition coefficient (Wildman–Crippen LogP) is 2.55. The van der Waals surface area contributed by atoms with Crippen LogP contribution < -0.4 is 0 Å². The lowest BCUT2D eigenvalue weighted by Crippen LogP contribution is -1.90. The minimum Gasteiger partial charge on any atom is -0.304 e. The molecule has 12 heavy (non-hydrogen) atoms. The Balaban J connectivity index is 2.73. The maximum atomic E-state index is 5.83. The molecule has 0 aliphatic heterocycles. The summed E-state index contributed by atoms with van der Waals surface area (Å²) in [6.07, 6.45) is 4.73. The van der Waals surface area contributed by atoms with Gasteiger partial charge >= 0.3 is 0 Å². The molecule has 0 fully saturated rings. The van der Waals surface area contributed by atoms with Gasteiger partial charge in [-0.2, -0.15) is 0 Å². The highest BCUT2D eigenvalue weighted by Gasteiger charge is 1.99. The van der Waals surface area contributed by atoms with Crippen LogP contribution in [-0.4, -0.2) is 9.38 Å². The van der Waals surface area contributed by atoms with Gasteiger partial charge in [0.2, 0.25) is 0 Å². The number of aryl methyl sites for hydroxylation is 1. The van der Waals surface area contributed by atoms with Gasteiger partial charge in [0.05, 0.1) is 11.7 Å². The molecule has 0 amide bonds. The first-order valence-corrected chi connectivity index (χ1v) is 4.30. The Hall–Kier alpha value is -1.02. The number of imidazole rings is 1. The average Bonchev–Trinajstić information content (AvgIpc) is 2.46. The van der Waals surface area contributed by atoms with Gasteiger partial charge in [-0.25, -0.2) is 4.98 Å². The van der Waals surface area contributed by atoms with Crippen LogP contribution in [0.3, 0.4) is 0 Å². The van der Waals surface area contributed by atoms with Crippen molar-refractivity contribution in [1.29, 1.82) is 0 Å². The number of fused-ring (bicyclic) bond motifs is 1. The molecule has 0 bridgehead atoms. The molecule has 0 N–H and O–H groups in total. The number of hydrogen-bond acceptors (Lipinski definition) is 1. The molecule has 3 heteroatoms. The van der Waals surface area contributed by atoms with Gasteiger partial charge in [-0.3, -0.25) is 0 Å². The van der Waals surface area contributed by atoms with E-state index < -0.39 is 0 Å². The van der Waals surface area contributed by atoms with Crippen LogP contribution in [0.2, 0.25) is 5.02 Å². The minimum absolute atomic E-state index is 0.755. The average molecular weight is 181 g/mol. The minimum atomic E-state index is 0.755. The monoisotopic (exact) mass is 180 g/mol. The third-order valence-corrected chi connectivity index (χ3v) is 2.12. The van der Waals surface area contributed by atoms with Gasteiger partial charge in [0, 0.05) is 17.6 Å². The summed E-state index contributed by atoms with van der Waals surface area (Å²) in [5.74, 6) is 1.07. The van der Waals surface area contributed by atoms with Crippen LogP contribution in [-0.2, 0) is 6.42 Å². The number of pyridine rings is 1. The summed E-state index contributed by atoms with van der Waals surface area (Å²) in [5, 5.41) is 0.755. The molecular weight excluding hydrogens is 172 g/mol. The van der Waals surface area contributed by atoms with Gasteiger partial charge in [0.25, 0.3) is 0 Å². The predicted molar refractivity (Wildman–Crippen MR) is 49.6 cm³/mol. The maximum Gasteiger partial charge on any atom is 0.112 e. The van der Waals surface area contributed by atoms with Crippen molar-refractivity contribution in [1.82, 2.24) is 9.38 Å². The van der Waals surface area contributed by atoms with Crippen molar-refractivity contribution in [2.75, 3.05) is 0 Å². The van der Waals surface area contributed by atoms with E-state index in [1.807, 2.05) is 28.9 Å². The van der Waals surface area contributed by atoms with E-state index in [9.17, 15) is 0 Å². The third-order valence-electron chi connectivity index (χ3n) is 1.89. The first kappa shape index (κ1) is 7.62. The summed E-state index contributed by atoms with van der Waals surface area (Å²) in [5.41, 5.74) is 1.05. The van der Waals surface area contributed by atoms with Crippen LogP contribution in [0, 0.1) is 0 Å². The van der Waals surface area contributed by atoms with Crippen molar-refractivity contribution in [3.8, 4) is 0 Å². The summed E-state index contributed by atoms with van der Waals surface area (Å²) in [4.78, 5) is 4.26. The largest absolute Gasteiger partial charge is 0.304 e. The summed E-state index contributed by atoms with van der Waals surface area (Å²) >= 11 is 5.83. The molecule has 2 aromatic heterocycles. The standard InChI is InChI=1S/C9H9ClN2/c1-2-9-11-6-8-5-7(10)3-4-12(8)9/h3-6H,2H2,1H3. The van der Waals surface area contributed by atoms with Gasteiger partial charge in [0.15, 0.2) is 0 Å². The molecule has 0 saturated carbocycles. The fraction of sp³-hybridized carbons (Fsp3) is 0.222. The summed E-state index contributed by atoms with van der Waals surface area (Å²) < 4.78 is 2.05. The molecule has 0 aliphatic rings. The van der Waals surface area contributed by atoms with Gasteiger partial charge in [-0.1, -0.05) is 18.5 Å². The van der Waals surface area contributed by atoms with Crippen LogP contribution in [0.15, 0.2) is 24.5 Å². The third kappa shape index (κ3) is 1.08. The van der Waals surface area contributed by atoms with E-state index in [1.165, 1.54) is 0 Å². The Morgan fingerprint density at radius 2 is 2.42 bits per heavy atom. The van der Waals surface area contributed by atoms with Gasteiger partial charge < -0.3 is 4.40 Å². The first-order valence-electron chi connectivity index (χ1n) is 3.92.